The number of hydrogen-bond donors (Lipinski definition) is 1. The molecule has 0 radical (unpaired) electrons. The Morgan fingerprint density at radius 3 is 2.50 bits per heavy atom. The molecule has 0 aliphatic heterocycles. The van der Waals surface area contributed by atoms with Crippen LogP contribution in [0.2, 0.25) is 5.02 Å². The van der Waals surface area contributed by atoms with Crippen LogP contribution < -0.4 is 14.8 Å². The average molecular weight is 416 g/mol. The monoisotopic (exact) mass is 415 g/mol. The van der Waals surface area contributed by atoms with Gasteiger partial charge in [0.15, 0.2) is 0 Å². The van der Waals surface area contributed by atoms with Crippen molar-refractivity contribution < 1.29 is 32.5 Å². The van der Waals surface area contributed by atoms with Gasteiger partial charge in [0.1, 0.15) is 35.5 Å². The number of carbonyl (C=O) groups is 1. The molecular weight excluding hydrogens is 396 g/mol. The van der Waals surface area contributed by atoms with Gasteiger partial charge >= 0.3 is 6.09 Å². The highest BCUT2D eigenvalue weighted by atomic mass is 35.5. The minimum atomic E-state index is -0.747. The van der Waals surface area contributed by atoms with Crippen molar-refractivity contribution in [3.8, 4) is 17.2 Å². The van der Waals surface area contributed by atoms with E-state index < -0.39 is 24.0 Å². The summed E-state index contributed by atoms with van der Waals surface area (Å²) in [7, 11) is 0. The smallest absolute Gasteiger partial charge is 0.409 e. The first-order valence-corrected chi connectivity index (χ1v) is 8.87. The van der Waals surface area contributed by atoms with Gasteiger partial charge in [0.2, 0.25) is 6.29 Å². The SMILES string of the molecule is CCOC(C)OC(=O)NCCOc1ccc(Oc2cc(F)cc(F)c2)cc1Cl. The molecule has 6 nitrogen and oxygen atoms in total. The highest BCUT2D eigenvalue weighted by Crippen LogP contribution is 2.31. The van der Waals surface area contributed by atoms with Crippen LogP contribution in [0.1, 0.15) is 13.8 Å². The van der Waals surface area contributed by atoms with Crippen molar-refractivity contribution >= 4 is 17.7 Å². The van der Waals surface area contributed by atoms with Crippen LogP contribution in [0.3, 0.4) is 0 Å². The van der Waals surface area contributed by atoms with Crippen molar-refractivity contribution in [1.29, 1.82) is 0 Å². The number of carbonyl (C=O) groups excluding carboxylic acids is 1. The van der Waals surface area contributed by atoms with E-state index in [-0.39, 0.29) is 29.7 Å². The van der Waals surface area contributed by atoms with Crippen LogP contribution in [0.5, 0.6) is 17.2 Å². The molecule has 1 atom stereocenters. The number of rotatable bonds is 9. The number of amides is 1. The Labute approximate surface area is 166 Å². The third-order valence-corrected chi connectivity index (χ3v) is 3.57. The van der Waals surface area contributed by atoms with Crippen LogP contribution in [0, 0.1) is 11.6 Å². The molecule has 0 bridgehead atoms. The lowest BCUT2D eigenvalue weighted by atomic mass is 10.3. The van der Waals surface area contributed by atoms with Gasteiger partial charge < -0.3 is 24.3 Å². The van der Waals surface area contributed by atoms with Crippen LogP contribution in [0.4, 0.5) is 13.6 Å². The summed E-state index contributed by atoms with van der Waals surface area (Å²) in [6.45, 7) is 4.18. The Bertz CT molecular complexity index is 786. The van der Waals surface area contributed by atoms with E-state index in [2.05, 4.69) is 5.32 Å². The maximum atomic E-state index is 13.2. The zero-order valence-electron chi connectivity index (χ0n) is 15.3. The number of ether oxygens (including phenoxy) is 4. The van der Waals surface area contributed by atoms with Gasteiger partial charge in [0.05, 0.1) is 11.6 Å². The largest absolute Gasteiger partial charge is 0.490 e. The molecular formula is C19H20ClF2NO5. The molecule has 0 aliphatic rings. The summed E-state index contributed by atoms with van der Waals surface area (Å²) in [6, 6.07) is 7.39. The van der Waals surface area contributed by atoms with Gasteiger partial charge in [-0.25, -0.2) is 13.6 Å². The maximum absolute atomic E-state index is 13.2. The molecule has 9 heteroatoms. The molecule has 1 unspecified atom stereocenters. The predicted molar refractivity (Wildman–Crippen MR) is 99.0 cm³/mol. The van der Waals surface area contributed by atoms with E-state index >= 15 is 0 Å². The van der Waals surface area contributed by atoms with Gasteiger partial charge in [-0.15, -0.1) is 0 Å². The van der Waals surface area contributed by atoms with E-state index in [0.29, 0.717) is 12.4 Å². The zero-order valence-corrected chi connectivity index (χ0v) is 16.1. The number of benzene rings is 2. The first kappa shape index (κ1) is 21.7. The second kappa shape index (κ2) is 10.7. The van der Waals surface area contributed by atoms with E-state index in [4.69, 9.17) is 30.5 Å². The molecule has 152 valence electrons. The Hall–Kier alpha value is -2.58. The highest BCUT2D eigenvalue weighted by Gasteiger charge is 2.09. The minimum absolute atomic E-state index is 0.00577. The molecule has 0 aromatic heterocycles. The summed E-state index contributed by atoms with van der Waals surface area (Å²) < 4.78 is 47.3. The van der Waals surface area contributed by atoms with Crippen molar-refractivity contribution in [2.24, 2.45) is 0 Å². The highest BCUT2D eigenvalue weighted by molar-refractivity contribution is 6.32. The zero-order chi connectivity index (χ0) is 20.5. The third-order valence-electron chi connectivity index (χ3n) is 3.28. The molecule has 0 heterocycles. The fraction of sp³-hybridized carbons (Fsp3) is 0.316. The van der Waals surface area contributed by atoms with Gasteiger partial charge in [-0.1, -0.05) is 11.6 Å². The molecule has 1 N–H and O–H groups in total. The number of alkyl carbamates (subject to hydrolysis) is 1. The molecule has 1 amide bonds. The van der Waals surface area contributed by atoms with Crippen LogP contribution in [-0.2, 0) is 9.47 Å². The average Bonchev–Trinajstić information content (AvgIpc) is 2.59. The summed E-state index contributed by atoms with van der Waals surface area (Å²) in [5, 5.41) is 2.75. The van der Waals surface area contributed by atoms with Crippen LogP contribution >= 0.6 is 11.6 Å². The molecule has 28 heavy (non-hydrogen) atoms. The van der Waals surface area contributed by atoms with Crippen molar-refractivity contribution in [2.75, 3.05) is 19.8 Å². The van der Waals surface area contributed by atoms with Gasteiger partial charge in [0, 0.05) is 30.9 Å². The molecule has 0 aliphatic carbocycles. The Morgan fingerprint density at radius 2 is 1.86 bits per heavy atom. The quantitative estimate of drug-likeness (QED) is 0.466. The summed E-state index contributed by atoms with van der Waals surface area (Å²) in [4.78, 5) is 11.5. The van der Waals surface area contributed by atoms with E-state index in [9.17, 15) is 13.6 Å². The summed E-state index contributed by atoms with van der Waals surface area (Å²) in [5.74, 6) is -0.845. The van der Waals surface area contributed by atoms with E-state index in [0.717, 1.165) is 18.2 Å². The summed E-state index contributed by atoms with van der Waals surface area (Å²) in [5.41, 5.74) is 0. The lowest BCUT2D eigenvalue weighted by Crippen LogP contribution is -2.32. The van der Waals surface area contributed by atoms with Gasteiger partial charge in [0.25, 0.3) is 0 Å². The molecule has 0 fully saturated rings. The van der Waals surface area contributed by atoms with Crippen molar-refractivity contribution in [3.05, 3.63) is 53.1 Å². The van der Waals surface area contributed by atoms with Crippen molar-refractivity contribution in [2.45, 2.75) is 20.1 Å². The summed E-state index contributed by atoms with van der Waals surface area (Å²) in [6.07, 6.45) is -1.26. The fourth-order valence-corrected chi connectivity index (χ4v) is 2.39. The van der Waals surface area contributed by atoms with Gasteiger partial charge in [-0.05, 0) is 26.0 Å². The Balaban J connectivity index is 1.81. The number of nitrogens with one attached hydrogen (secondary N) is 1. The number of hydrogen-bond acceptors (Lipinski definition) is 5. The molecule has 0 saturated heterocycles. The molecule has 0 saturated carbocycles. The van der Waals surface area contributed by atoms with Crippen molar-refractivity contribution in [1.82, 2.24) is 5.32 Å². The summed E-state index contributed by atoms with van der Waals surface area (Å²) >= 11 is 6.12. The first-order chi connectivity index (χ1) is 13.4. The van der Waals surface area contributed by atoms with Crippen LogP contribution in [0.25, 0.3) is 0 Å². The standard InChI is InChI=1S/C19H20ClF2NO5/c1-3-25-12(2)27-19(24)23-6-7-26-18-5-4-15(11-17(18)20)28-16-9-13(21)8-14(22)10-16/h4-5,8-12H,3,6-7H2,1-2H3,(H,23,24). The molecule has 2 rings (SSSR count). The normalized spacial score (nSPS) is 11.6. The molecule has 2 aromatic carbocycles. The lowest BCUT2D eigenvalue weighted by molar-refractivity contribution is -0.0866. The third kappa shape index (κ3) is 7.21. The number of halogens is 3. The van der Waals surface area contributed by atoms with E-state index in [1.807, 2.05) is 0 Å². The predicted octanol–water partition coefficient (Wildman–Crippen LogP) is 4.90. The topological polar surface area (TPSA) is 66.0 Å². The molecule has 0 spiro atoms. The molecule has 2 aromatic rings. The van der Waals surface area contributed by atoms with E-state index in [1.54, 1.807) is 19.9 Å². The fourth-order valence-electron chi connectivity index (χ4n) is 2.16. The Morgan fingerprint density at radius 1 is 1.14 bits per heavy atom. The van der Waals surface area contributed by atoms with Crippen LogP contribution in [-0.4, -0.2) is 32.1 Å². The van der Waals surface area contributed by atoms with E-state index in [1.165, 1.54) is 12.1 Å². The lowest BCUT2D eigenvalue weighted by Gasteiger charge is -2.14. The van der Waals surface area contributed by atoms with Crippen molar-refractivity contribution in [3.63, 3.8) is 0 Å². The maximum Gasteiger partial charge on any atom is 0.409 e. The van der Waals surface area contributed by atoms with Crippen LogP contribution in [0.15, 0.2) is 36.4 Å². The first-order valence-electron chi connectivity index (χ1n) is 8.49. The second-order valence-electron chi connectivity index (χ2n) is 5.50. The van der Waals surface area contributed by atoms with Gasteiger partial charge in [-0.2, -0.15) is 0 Å². The Kier molecular flexibility index (Phi) is 8.28. The second-order valence-corrected chi connectivity index (χ2v) is 5.91. The van der Waals surface area contributed by atoms with Gasteiger partial charge in [-0.3, -0.25) is 0 Å². The minimum Gasteiger partial charge on any atom is -0.490 e.